The molecule has 116 valence electrons. The summed E-state index contributed by atoms with van der Waals surface area (Å²) in [5.41, 5.74) is 9.25. The summed E-state index contributed by atoms with van der Waals surface area (Å²) in [6.07, 6.45) is 2.63. The summed E-state index contributed by atoms with van der Waals surface area (Å²) in [5.74, 6) is 0.948. The van der Waals surface area contributed by atoms with Gasteiger partial charge in [0.25, 0.3) is 0 Å². The van der Waals surface area contributed by atoms with Gasteiger partial charge in [0.15, 0.2) is 0 Å². The van der Waals surface area contributed by atoms with Crippen molar-refractivity contribution in [3.8, 4) is 0 Å². The molecular formula is C16H17IN3OS-. The number of anilines is 1. The Morgan fingerprint density at radius 1 is 1.45 bits per heavy atom. The van der Waals surface area contributed by atoms with Crippen LogP contribution in [0.2, 0.25) is 0 Å². The second-order valence-electron chi connectivity index (χ2n) is 5.27. The maximum atomic E-state index is 5.69. The van der Waals surface area contributed by atoms with E-state index in [1.807, 2.05) is 12.1 Å². The van der Waals surface area contributed by atoms with E-state index in [1.165, 1.54) is 25.4 Å². The topological polar surface area (TPSA) is 64.1 Å². The number of nitrogens with one attached hydrogen (secondary N) is 1. The van der Waals surface area contributed by atoms with Crippen molar-refractivity contribution in [2.75, 3.05) is 16.3 Å². The molecule has 1 fully saturated rings. The quantitative estimate of drug-likeness (QED) is 0.435. The van der Waals surface area contributed by atoms with Crippen molar-refractivity contribution in [1.29, 1.82) is 0 Å². The predicted octanol–water partition coefficient (Wildman–Crippen LogP) is 0.146. The number of rotatable bonds is 6. The Kier molecular flexibility index (Phi) is 4.06. The molecule has 4 nitrogen and oxygen atoms in total. The van der Waals surface area contributed by atoms with Crippen molar-refractivity contribution >= 4 is 27.2 Å². The van der Waals surface area contributed by atoms with Crippen LogP contribution in [0.4, 0.5) is 5.69 Å². The van der Waals surface area contributed by atoms with Crippen molar-refractivity contribution in [2.24, 2.45) is 5.73 Å². The molecule has 1 unspecified atom stereocenters. The van der Waals surface area contributed by atoms with Crippen LogP contribution >= 0.6 is 11.3 Å². The van der Waals surface area contributed by atoms with Gasteiger partial charge in [0.1, 0.15) is 0 Å². The number of hydrogen-bond acceptors (Lipinski definition) is 5. The van der Waals surface area contributed by atoms with E-state index in [9.17, 15) is 0 Å². The zero-order chi connectivity index (χ0) is 14.9. The molecule has 6 heteroatoms. The second kappa shape index (κ2) is 6.17. The Morgan fingerprint density at radius 3 is 3.09 bits per heavy atom. The summed E-state index contributed by atoms with van der Waals surface area (Å²) in [6.45, 7) is 1.39. The molecule has 0 aliphatic carbocycles. The van der Waals surface area contributed by atoms with Gasteiger partial charge in [-0.3, -0.25) is 0 Å². The molecule has 0 aromatic carbocycles. The Bertz CT molecular complexity index is 780. The van der Waals surface area contributed by atoms with Crippen molar-refractivity contribution in [3.05, 3.63) is 46.9 Å². The molecule has 1 saturated heterocycles. The third kappa shape index (κ3) is 3.00. The number of fused-ring (bicyclic) bond motifs is 1. The number of alkyl halides is 2. The Balaban J connectivity index is 1.69. The summed E-state index contributed by atoms with van der Waals surface area (Å²) in [7, 11) is 0. The van der Waals surface area contributed by atoms with E-state index >= 15 is 0 Å². The van der Waals surface area contributed by atoms with Crippen LogP contribution in [0.5, 0.6) is 0 Å². The van der Waals surface area contributed by atoms with Gasteiger partial charge in [-0.2, -0.15) is 0 Å². The summed E-state index contributed by atoms with van der Waals surface area (Å²) in [4.78, 5) is 6.19. The maximum absolute atomic E-state index is 5.69. The molecule has 0 spiro atoms. The third-order valence-electron chi connectivity index (χ3n) is 3.60. The zero-order valence-corrected chi connectivity index (χ0v) is 15.0. The molecule has 3 aromatic heterocycles. The van der Waals surface area contributed by atoms with Gasteiger partial charge in [0.05, 0.1) is 0 Å². The van der Waals surface area contributed by atoms with Crippen LogP contribution in [0.1, 0.15) is 20.3 Å². The minimum atomic E-state index is 0.354. The standard InChI is InChI=1S/C16H17IN3OS/c18-4-3-11-6-15-16(22-11)14(7-13(20-15)12-8-17-12)19-9-10-2-1-5-21-10/h1-2,5-7,12H,3-4,8-9,18H2,(H,19,20)/q-1. The monoisotopic (exact) mass is 426 g/mol. The number of nitrogens with zero attached hydrogens (tertiary/aromatic N) is 1. The van der Waals surface area contributed by atoms with Crippen molar-refractivity contribution in [1.82, 2.24) is 4.98 Å². The van der Waals surface area contributed by atoms with Gasteiger partial charge in [-0.1, -0.05) is 0 Å². The van der Waals surface area contributed by atoms with E-state index < -0.39 is 0 Å². The number of furan rings is 1. The first kappa shape index (κ1) is 14.5. The van der Waals surface area contributed by atoms with Gasteiger partial charge in [-0.15, -0.1) is 0 Å². The molecule has 0 radical (unpaired) electrons. The fourth-order valence-corrected chi connectivity index (χ4v) is 5.03. The third-order valence-corrected chi connectivity index (χ3v) is 7.22. The number of pyridine rings is 1. The Morgan fingerprint density at radius 2 is 2.36 bits per heavy atom. The first-order valence-electron chi connectivity index (χ1n) is 7.31. The van der Waals surface area contributed by atoms with E-state index in [-0.39, 0.29) is 0 Å². The molecule has 0 bridgehead atoms. The molecule has 1 aliphatic rings. The van der Waals surface area contributed by atoms with E-state index in [2.05, 4.69) is 17.4 Å². The van der Waals surface area contributed by atoms with E-state index in [0.29, 0.717) is 34.3 Å². The van der Waals surface area contributed by atoms with Crippen LogP contribution in [0.25, 0.3) is 10.2 Å². The molecule has 1 aliphatic heterocycles. The number of aromatic nitrogens is 1. The van der Waals surface area contributed by atoms with Gasteiger partial charge in [-0.05, 0) is 0 Å². The van der Waals surface area contributed by atoms with E-state index in [1.54, 1.807) is 17.6 Å². The molecule has 0 saturated carbocycles. The first-order valence-corrected chi connectivity index (χ1v) is 10.9. The van der Waals surface area contributed by atoms with Crippen LogP contribution in [-0.2, 0) is 13.0 Å². The van der Waals surface area contributed by atoms with Gasteiger partial charge >= 0.3 is 144 Å². The number of halogens is 1. The normalized spacial score (nSPS) is 17.4. The Labute approximate surface area is 143 Å². The average Bonchev–Trinajstić information content (AvgIpc) is 3.08. The van der Waals surface area contributed by atoms with Crippen molar-refractivity contribution in [2.45, 2.75) is 16.9 Å². The molecule has 1 atom stereocenters. The second-order valence-corrected chi connectivity index (χ2v) is 9.67. The fraction of sp³-hybridized carbons (Fsp3) is 0.312. The number of hydrogen-bond donors (Lipinski definition) is 2. The fourth-order valence-electron chi connectivity index (χ4n) is 2.45. The van der Waals surface area contributed by atoms with Crippen LogP contribution in [-0.4, -0.2) is 16.0 Å². The molecule has 3 N–H and O–H groups in total. The van der Waals surface area contributed by atoms with Gasteiger partial charge in [-0.25, -0.2) is 0 Å². The Hall–Kier alpha value is -1.12. The summed E-state index contributed by atoms with van der Waals surface area (Å²) in [5, 5.41) is 3.53. The zero-order valence-electron chi connectivity index (χ0n) is 12.0. The summed E-state index contributed by atoms with van der Waals surface area (Å²) in [6, 6.07) is 8.36. The van der Waals surface area contributed by atoms with Gasteiger partial charge in [0.2, 0.25) is 0 Å². The van der Waals surface area contributed by atoms with Crippen molar-refractivity contribution < 1.29 is 25.6 Å². The van der Waals surface area contributed by atoms with Crippen LogP contribution in [0.15, 0.2) is 34.9 Å². The summed E-state index contributed by atoms with van der Waals surface area (Å²) < 4.78 is 8.77. The molecular weight excluding hydrogens is 409 g/mol. The number of thiophene rings is 1. The number of nitrogens with two attached hydrogens (primary N) is 1. The molecule has 0 amide bonds. The predicted molar refractivity (Wildman–Crippen MR) is 86.0 cm³/mol. The van der Waals surface area contributed by atoms with Gasteiger partial charge < -0.3 is 0 Å². The molecule has 3 aromatic rings. The van der Waals surface area contributed by atoms with Crippen LogP contribution < -0.4 is 32.3 Å². The minimum absolute atomic E-state index is 0.354. The first-order chi connectivity index (χ1) is 10.8. The van der Waals surface area contributed by atoms with E-state index in [4.69, 9.17) is 15.1 Å². The van der Waals surface area contributed by atoms with Gasteiger partial charge in [0, 0.05) is 0 Å². The van der Waals surface area contributed by atoms with E-state index in [0.717, 1.165) is 21.6 Å². The van der Waals surface area contributed by atoms with Crippen LogP contribution in [0.3, 0.4) is 0 Å². The van der Waals surface area contributed by atoms with Crippen molar-refractivity contribution in [3.63, 3.8) is 0 Å². The average molecular weight is 426 g/mol. The van der Waals surface area contributed by atoms with Crippen LogP contribution in [0, 0.1) is 0 Å². The molecule has 22 heavy (non-hydrogen) atoms. The SMILES string of the molecule is NCCc1cc2nc(C3C[I-]3)cc(NCc3ccco3)c2s1. The summed E-state index contributed by atoms with van der Waals surface area (Å²) >= 11 is 2.15. The molecule has 4 rings (SSSR count). The molecule has 4 heterocycles.